The number of allylic oxidation sites excluding steroid dienone is 1. The van der Waals surface area contributed by atoms with Crippen LogP contribution < -0.4 is 0 Å². The molecule has 1 fully saturated rings. The maximum atomic E-state index is 9.87. The van der Waals surface area contributed by atoms with Crippen LogP contribution in [0.2, 0.25) is 0 Å². The van der Waals surface area contributed by atoms with E-state index in [1.54, 1.807) is 5.57 Å². The topological polar surface area (TPSA) is 20.2 Å². The van der Waals surface area contributed by atoms with E-state index in [4.69, 9.17) is 0 Å². The van der Waals surface area contributed by atoms with Crippen LogP contribution in [-0.4, -0.2) is 11.2 Å². The lowest BCUT2D eigenvalue weighted by Gasteiger charge is -2.36. The lowest BCUT2D eigenvalue weighted by Crippen LogP contribution is -2.27. The summed E-state index contributed by atoms with van der Waals surface area (Å²) in [5, 5.41) is 9.87. The van der Waals surface area contributed by atoms with Crippen LogP contribution in [0.4, 0.5) is 0 Å². The Labute approximate surface area is 93.6 Å². The van der Waals surface area contributed by atoms with Gasteiger partial charge in [-0.25, -0.2) is 0 Å². The minimum atomic E-state index is -0.189. The van der Waals surface area contributed by atoms with Crippen molar-refractivity contribution in [3.8, 4) is 0 Å². The monoisotopic (exact) mass is 208 g/mol. The molecule has 0 radical (unpaired) electrons. The first-order valence-electron chi connectivity index (χ1n) is 6.45. The molecule has 0 amide bonds. The van der Waals surface area contributed by atoms with Gasteiger partial charge >= 0.3 is 0 Å². The molecule has 15 heavy (non-hydrogen) atoms. The van der Waals surface area contributed by atoms with Gasteiger partial charge in [0.2, 0.25) is 0 Å². The van der Waals surface area contributed by atoms with Gasteiger partial charge in [0.15, 0.2) is 0 Å². The molecule has 0 heterocycles. The normalized spacial score (nSPS) is 32.5. The summed E-state index contributed by atoms with van der Waals surface area (Å²) in [4.78, 5) is 0. The number of aliphatic hydroxyl groups is 1. The molecule has 2 aliphatic rings. The van der Waals surface area contributed by atoms with Crippen molar-refractivity contribution < 1.29 is 5.11 Å². The molecule has 1 heteroatoms. The summed E-state index contributed by atoms with van der Waals surface area (Å²) >= 11 is 0. The van der Waals surface area contributed by atoms with E-state index < -0.39 is 0 Å². The third-order valence-electron chi connectivity index (χ3n) is 3.98. The molecule has 1 nitrogen and oxygen atoms in total. The van der Waals surface area contributed by atoms with Crippen molar-refractivity contribution in [3.63, 3.8) is 0 Å². The molecule has 0 spiro atoms. The van der Waals surface area contributed by atoms with E-state index >= 15 is 0 Å². The Morgan fingerprint density at radius 3 is 2.47 bits per heavy atom. The van der Waals surface area contributed by atoms with E-state index in [0.717, 1.165) is 12.3 Å². The van der Waals surface area contributed by atoms with Crippen LogP contribution in [0.5, 0.6) is 0 Å². The Morgan fingerprint density at radius 2 is 1.87 bits per heavy atom. The molecule has 1 N–H and O–H groups in total. The zero-order chi connectivity index (χ0) is 10.9. The Balaban J connectivity index is 2.07. The van der Waals surface area contributed by atoms with Gasteiger partial charge in [0.25, 0.3) is 0 Å². The molecule has 1 saturated carbocycles. The Hall–Kier alpha value is -0.300. The van der Waals surface area contributed by atoms with Crippen molar-refractivity contribution >= 4 is 0 Å². The minimum absolute atomic E-state index is 0.189. The second kappa shape index (κ2) is 4.29. The molecule has 0 aliphatic heterocycles. The zero-order valence-electron chi connectivity index (χ0n) is 10.1. The van der Waals surface area contributed by atoms with Crippen molar-refractivity contribution in [2.75, 3.05) is 0 Å². The summed E-state index contributed by atoms with van der Waals surface area (Å²) in [6.07, 6.45) is 11.0. The van der Waals surface area contributed by atoms with Crippen LogP contribution in [0, 0.1) is 11.3 Å². The third-order valence-corrected chi connectivity index (χ3v) is 3.98. The Bertz CT molecular complexity index is 246. The van der Waals surface area contributed by atoms with E-state index in [9.17, 15) is 5.11 Å². The molecule has 0 aromatic heterocycles. The number of hydrogen-bond acceptors (Lipinski definition) is 1. The highest BCUT2D eigenvalue weighted by atomic mass is 16.3. The van der Waals surface area contributed by atoms with Crippen LogP contribution in [-0.2, 0) is 0 Å². The fourth-order valence-corrected chi connectivity index (χ4v) is 3.31. The highest BCUT2D eigenvalue weighted by molar-refractivity contribution is 5.16. The number of rotatable bonds is 1. The second-order valence-electron chi connectivity index (χ2n) is 6.19. The molecule has 86 valence electrons. The Kier molecular flexibility index (Phi) is 3.20. The van der Waals surface area contributed by atoms with Crippen LogP contribution in [0.25, 0.3) is 0 Å². The first-order chi connectivity index (χ1) is 7.07. The van der Waals surface area contributed by atoms with Gasteiger partial charge in [0.05, 0.1) is 6.10 Å². The largest absolute Gasteiger partial charge is 0.389 e. The molecule has 0 saturated heterocycles. The summed E-state index contributed by atoms with van der Waals surface area (Å²) < 4.78 is 0. The lowest BCUT2D eigenvalue weighted by atomic mass is 9.70. The lowest BCUT2D eigenvalue weighted by molar-refractivity contribution is 0.132. The van der Waals surface area contributed by atoms with Gasteiger partial charge in [-0.1, -0.05) is 44.8 Å². The zero-order valence-corrected chi connectivity index (χ0v) is 10.1. The van der Waals surface area contributed by atoms with Crippen LogP contribution >= 0.6 is 0 Å². The molecular weight excluding hydrogens is 184 g/mol. The van der Waals surface area contributed by atoms with Crippen molar-refractivity contribution in [1.82, 2.24) is 0 Å². The Morgan fingerprint density at radius 1 is 1.20 bits per heavy atom. The van der Waals surface area contributed by atoms with E-state index in [1.165, 1.54) is 38.5 Å². The molecule has 0 aromatic rings. The molecule has 1 atom stereocenters. The number of hydrogen-bond donors (Lipinski definition) is 1. The van der Waals surface area contributed by atoms with Crippen molar-refractivity contribution in [2.24, 2.45) is 11.3 Å². The van der Waals surface area contributed by atoms with E-state index in [1.807, 2.05) is 0 Å². The first kappa shape index (κ1) is 11.2. The highest BCUT2D eigenvalue weighted by Crippen LogP contribution is 2.41. The predicted molar refractivity (Wildman–Crippen MR) is 63.7 cm³/mol. The summed E-state index contributed by atoms with van der Waals surface area (Å²) in [5.41, 5.74) is 1.86. The fourth-order valence-electron chi connectivity index (χ4n) is 3.31. The van der Waals surface area contributed by atoms with Gasteiger partial charge < -0.3 is 5.11 Å². The van der Waals surface area contributed by atoms with Crippen molar-refractivity contribution in [3.05, 3.63) is 11.6 Å². The quantitative estimate of drug-likeness (QED) is 0.652. The fraction of sp³-hybridized carbons (Fsp3) is 0.857. The first-order valence-corrected chi connectivity index (χ1v) is 6.45. The summed E-state index contributed by atoms with van der Waals surface area (Å²) in [6.45, 7) is 4.57. The SMILES string of the molecule is CC1(C)CC(C2CCCCC2)=CC(O)C1. The van der Waals surface area contributed by atoms with Gasteiger partial charge in [-0.05, 0) is 37.0 Å². The van der Waals surface area contributed by atoms with Gasteiger partial charge in [0, 0.05) is 0 Å². The van der Waals surface area contributed by atoms with Gasteiger partial charge in [-0.2, -0.15) is 0 Å². The number of aliphatic hydroxyl groups excluding tert-OH is 1. The molecule has 0 bridgehead atoms. The van der Waals surface area contributed by atoms with Crippen molar-refractivity contribution in [2.45, 2.75) is 64.9 Å². The molecule has 0 aromatic carbocycles. The van der Waals surface area contributed by atoms with E-state index in [2.05, 4.69) is 19.9 Å². The van der Waals surface area contributed by atoms with Crippen LogP contribution in [0.3, 0.4) is 0 Å². The second-order valence-corrected chi connectivity index (χ2v) is 6.19. The summed E-state index contributed by atoms with van der Waals surface area (Å²) in [7, 11) is 0. The average molecular weight is 208 g/mol. The van der Waals surface area contributed by atoms with E-state index in [-0.39, 0.29) is 6.10 Å². The van der Waals surface area contributed by atoms with Gasteiger partial charge in [-0.3, -0.25) is 0 Å². The smallest absolute Gasteiger partial charge is 0.0728 e. The highest BCUT2D eigenvalue weighted by Gasteiger charge is 2.31. The summed E-state index contributed by atoms with van der Waals surface area (Å²) in [6, 6.07) is 0. The standard InChI is InChI=1S/C14H24O/c1-14(2)9-12(8-13(15)10-14)11-6-4-3-5-7-11/h8,11,13,15H,3-7,9-10H2,1-2H3. The maximum Gasteiger partial charge on any atom is 0.0728 e. The van der Waals surface area contributed by atoms with E-state index in [0.29, 0.717) is 5.41 Å². The van der Waals surface area contributed by atoms with Crippen LogP contribution in [0.15, 0.2) is 11.6 Å². The maximum absolute atomic E-state index is 9.87. The van der Waals surface area contributed by atoms with Crippen molar-refractivity contribution in [1.29, 1.82) is 0 Å². The minimum Gasteiger partial charge on any atom is -0.389 e. The summed E-state index contributed by atoms with van der Waals surface area (Å²) in [5.74, 6) is 0.785. The molecular formula is C14H24O. The molecule has 2 rings (SSSR count). The predicted octanol–water partition coefficient (Wildman–Crippen LogP) is 3.67. The molecule has 2 aliphatic carbocycles. The van der Waals surface area contributed by atoms with Gasteiger partial charge in [-0.15, -0.1) is 0 Å². The van der Waals surface area contributed by atoms with Crippen LogP contribution in [0.1, 0.15) is 58.8 Å². The third kappa shape index (κ3) is 2.84. The van der Waals surface area contributed by atoms with Gasteiger partial charge in [0.1, 0.15) is 0 Å². The molecule has 1 unspecified atom stereocenters. The average Bonchev–Trinajstić information content (AvgIpc) is 2.16.